The molecule has 0 N–H and O–H groups in total. The first-order valence-corrected chi connectivity index (χ1v) is 9.13. The van der Waals surface area contributed by atoms with Gasteiger partial charge in [0, 0.05) is 63.6 Å². The fraction of sp³-hybridized carbons (Fsp3) is 0.474. The molecule has 1 fully saturated rings. The lowest BCUT2D eigenvalue weighted by atomic mass is 10.1. The van der Waals surface area contributed by atoms with Gasteiger partial charge < -0.3 is 9.32 Å². The number of alkyl halides is 2. The van der Waals surface area contributed by atoms with E-state index in [4.69, 9.17) is 4.42 Å². The van der Waals surface area contributed by atoms with Crippen molar-refractivity contribution in [3.8, 4) is 0 Å². The fourth-order valence-electron chi connectivity index (χ4n) is 3.54. The molecule has 2 aromatic rings. The number of piperidine rings is 1. The lowest BCUT2D eigenvalue weighted by Gasteiger charge is -2.30. The van der Waals surface area contributed by atoms with Gasteiger partial charge in [-0.15, -0.1) is 0 Å². The zero-order valence-electron chi connectivity index (χ0n) is 15.1. The molecule has 3 heterocycles. The van der Waals surface area contributed by atoms with E-state index in [0.717, 1.165) is 6.07 Å². The molecule has 0 atom stereocenters. The zero-order chi connectivity index (χ0) is 19.9. The minimum Gasteiger partial charge on any atom is -0.437 e. The van der Waals surface area contributed by atoms with Crippen LogP contribution in [0.1, 0.15) is 40.5 Å². The molecule has 4 rings (SSSR count). The molecule has 28 heavy (non-hydrogen) atoms. The zero-order valence-corrected chi connectivity index (χ0v) is 15.1. The third-order valence-corrected chi connectivity index (χ3v) is 5.18. The molecule has 150 valence electrons. The molecule has 2 aliphatic rings. The quantitative estimate of drug-likeness (QED) is 0.746. The Balaban J connectivity index is 1.43. The van der Waals surface area contributed by atoms with E-state index in [1.165, 1.54) is 17.0 Å². The maximum Gasteiger partial charge on any atom is 0.309 e. The van der Waals surface area contributed by atoms with Crippen molar-refractivity contribution in [2.45, 2.75) is 38.3 Å². The molecule has 0 aliphatic carbocycles. The van der Waals surface area contributed by atoms with Gasteiger partial charge in [0.25, 0.3) is 11.8 Å². The van der Waals surface area contributed by atoms with Crippen molar-refractivity contribution < 1.29 is 26.8 Å². The molecule has 1 aromatic heterocycles. The monoisotopic (exact) mass is 397 g/mol. The molecule has 2 aliphatic heterocycles. The summed E-state index contributed by atoms with van der Waals surface area (Å²) in [5.74, 6) is -3.96. The van der Waals surface area contributed by atoms with Gasteiger partial charge in [0.1, 0.15) is 17.4 Å². The number of fused-ring (bicyclic) bond motifs is 1. The molecule has 1 aromatic carbocycles. The first-order chi connectivity index (χ1) is 13.3. The Labute approximate surface area is 158 Å². The van der Waals surface area contributed by atoms with Gasteiger partial charge in [-0.05, 0) is 6.07 Å². The summed E-state index contributed by atoms with van der Waals surface area (Å²) < 4.78 is 59.0. The predicted octanol–water partition coefficient (Wildman–Crippen LogP) is 3.38. The van der Waals surface area contributed by atoms with E-state index in [2.05, 4.69) is 4.98 Å². The predicted molar refractivity (Wildman–Crippen MR) is 90.8 cm³/mol. The van der Waals surface area contributed by atoms with Crippen LogP contribution < -0.4 is 0 Å². The lowest BCUT2D eigenvalue weighted by molar-refractivity contribution is -0.0499. The van der Waals surface area contributed by atoms with Gasteiger partial charge in [-0.2, -0.15) is 0 Å². The number of likely N-dealkylation sites (tertiary alicyclic amines) is 1. The summed E-state index contributed by atoms with van der Waals surface area (Å²) in [5, 5.41) is 0. The van der Waals surface area contributed by atoms with Gasteiger partial charge in [-0.3, -0.25) is 9.69 Å². The summed E-state index contributed by atoms with van der Waals surface area (Å²) in [6, 6.07) is 3.46. The third kappa shape index (κ3) is 3.89. The number of benzene rings is 1. The second-order valence-electron chi connectivity index (χ2n) is 7.23. The average molecular weight is 397 g/mol. The van der Waals surface area contributed by atoms with Crippen LogP contribution in [0.4, 0.5) is 17.6 Å². The van der Waals surface area contributed by atoms with Crippen molar-refractivity contribution >= 4 is 5.91 Å². The van der Waals surface area contributed by atoms with Crippen molar-refractivity contribution in [1.82, 2.24) is 14.8 Å². The number of hydrogen-bond donors (Lipinski definition) is 0. The van der Waals surface area contributed by atoms with E-state index < -0.39 is 23.5 Å². The minimum atomic E-state index is -2.73. The van der Waals surface area contributed by atoms with E-state index in [0.29, 0.717) is 36.5 Å². The van der Waals surface area contributed by atoms with Crippen molar-refractivity contribution in [1.29, 1.82) is 0 Å². The van der Waals surface area contributed by atoms with Gasteiger partial charge in [-0.1, -0.05) is 6.07 Å². The Morgan fingerprint density at radius 3 is 2.64 bits per heavy atom. The highest BCUT2D eigenvalue weighted by Gasteiger charge is 2.37. The molecule has 0 spiro atoms. The number of aromatic nitrogens is 1. The van der Waals surface area contributed by atoms with Crippen molar-refractivity contribution in [3.63, 3.8) is 0 Å². The Morgan fingerprint density at radius 1 is 1.18 bits per heavy atom. The summed E-state index contributed by atoms with van der Waals surface area (Å²) >= 11 is 0. The Kier molecular flexibility index (Phi) is 4.86. The SMILES string of the molecule is O=C(c1nc2c(o1)CCN(Cc1ccc(F)cc1F)C2)N1CCC(F)(F)CC1. The summed E-state index contributed by atoms with van der Waals surface area (Å²) in [6.45, 7) is 1.15. The molecule has 5 nitrogen and oxygen atoms in total. The van der Waals surface area contributed by atoms with Gasteiger partial charge >= 0.3 is 5.91 Å². The number of hydrogen-bond acceptors (Lipinski definition) is 4. The van der Waals surface area contributed by atoms with Gasteiger partial charge in [0.2, 0.25) is 0 Å². The lowest BCUT2D eigenvalue weighted by Crippen LogP contribution is -2.42. The second-order valence-corrected chi connectivity index (χ2v) is 7.23. The summed E-state index contributed by atoms with van der Waals surface area (Å²) in [5.41, 5.74) is 0.957. The number of rotatable bonds is 3. The number of carbonyl (C=O) groups is 1. The van der Waals surface area contributed by atoms with Gasteiger partial charge in [-0.25, -0.2) is 22.5 Å². The average Bonchev–Trinajstić information content (AvgIpc) is 3.07. The second kappa shape index (κ2) is 7.20. The van der Waals surface area contributed by atoms with E-state index in [1.807, 2.05) is 4.90 Å². The smallest absolute Gasteiger partial charge is 0.309 e. The van der Waals surface area contributed by atoms with Crippen LogP contribution in [0.3, 0.4) is 0 Å². The van der Waals surface area contributed by atoms with Crippen LogP contribution in [-0.2, 0) is 19.5 Å². The summed E-state index contributed by atoms with van der Waals surface area (Å²) in [6.07, 6.45) is -0.233. The maximum atomic E-state index is 13.9. The molecule has 1 amide bonds. The first kappa shape index (κ1) is 18.9. The summed E-state index contributed by atoms with van der Waals surface area (Å²) in [4.78, 5) is 20.0. The normalized spacial score (nSPS) is 19.5. The largest absolute Gasteiger partial charge is 0.437 e. The Bertz CT molecular complexity index is 889. The molecule has 0 saturated carbocycles. The van der Waals surface area contributed by atoms with Crippen molar-refractivity contribution in [2.24, 2.45) is 0 Å². The first-order valence-electron chi connectivity index (χ1n) is 9.13. The topological polar surface area (TPSA) is 49.6 Å². The number of amides is 1. The van der Waals surface area contributed by atoms with Crippen molar-refractivity contribution in [3.05, 3.63) is 52.7 Å². The number of oxazole rings is 1. The fourth-order valence-corrected chi connectivity index (χ4v) is 3.54. The highest BCUT2D eigenvalue weighted by atomic mass is 19.3. The van der Waals surface area contributed by atoms with Gasteiger partial charge in [0.05, 0.1) is 5.69 Å². The van der Waals surface area contributed by atoms with E-state index in [1.54, 1.807) is 0 Å². The van der Waals surface area contributed by atoms with Crippen LogP contribution >= 0.6 is 0 Å². The summed E-state index contributed by atoms with van der Waals surface area (Å²) in [7, 11) is 0. The molecule has 0 unspecified atom stereocenters. The molecular formula is C19H19F4N3O2. The van der Waals surface area contributed by atoms with E-state index in [9.17, 15) is 22.4 Å². The minimum absolute atomic E-state index is 0.0329. The van der Waals surface area contributed by atoms with E-state index >= 15 is 0 Å². The highest BCUT2D eigenvalue weighted by molar-refractivity contribution is 5.89. The maximum absolute atomic E-state index is 13.9. The third-order valence-electron chi connectivity index (χ3n) is 5.18. The van der Waals surface area contributed by atoms with Crippen molar-refractivity contribution in [2.75, 3.05) is 19.6 Å². The number of nitrogens with zero attached hydrogens (tertiary/aromatic N) is 3. The Morgan fingerprint density at radius 2 is 1.93 bits per heavy atom. The number of halogens is 4. The van der Waals surface area contributed by atoms with E-state index in [-0.39, 0.29) is 38.4 Å². The van der Waals surface area contributed by atoms with Crippen LogP contribution in [-0.4, -0.2) is 46.2 Å². The highest BCUT2D eigenvalue weighted by Crippen LogP contribution is 2.29. The standard InChI is InChI=1S/C19H19F4N3O2/c20-13-2-1-12(14(21)9-13)10-25-6-3-16-15(11-25)24-17(28-16)18(27)26-7-4-19(22,23)5-8-26/h1-2,9H,3-8,10-11H2. The molecule has 1 saturated heterocycles. The number of carbonyl (C=O) groups excluding carboxylic acids is 1. The van der Waals surface area contributed by atoms with Crippen LogP contribution in [0.2, 0.25) is 0 Å². The van der Waals surface area contributed by atoms with Crippen LogP contribution in [0.25, 0.3) is 0 Å². The van der Waals surface area contributed by atoms with Gasteiger partial charge in [0.15, 0.2) is 0 Å². The van der Waals surface area contributed by atoms with Crippen LogP contribution in [0, 0.1) is 11.6 Å². The molecular weight excluding hydrogens is 378 g/mol. The molecule has 0 bridgehead atoms. The van der Waals surface area contributed by atoms with Crippen LogP contribution in [0.5, 0.6) is 0 Å². The Hall–Kier alpha value is -2.42. The molecule has 0 radical (unpaired) electrons. The van der Waals surface area contributed by atoms with Crippen LogP contribution in [0.15, 0.2) is 22.6 Å². The molecule has 9 heteroatoms.